The van der Waals surface area contributed by atoms with E-state index in [-0.39, 0.29) is 0 Å². The summed E-state index contributed by atoms with van der Waals surface area (Å²) in [4.78, 5) is 2.61. The molecule has 0 saturated carbocycles. The zero-order valence-electron chi connectivity index (χ0n) is 9.84. The van der Waals surface area contributed by atoms with Crippen molar-refractivity contribution in [2.24, 2.45) is 17.6 Å². The van der Waals surface area contributed by atoms with Crippen LogP contribution in [0.3, 0.4) is 0 Å². The normalized spacial score (nSPS) is 20.6. The van der Waals surface area contributed by atoms with E-state index in [2.05, 4.69) is 18.7 Å². The first-order valence-corrected chi connectivity index (χ1v) is 6.14. The molecule has 1 saturated heterocycles. The third kappa shape index (κ3) is 4.43. The van der Waals surface area contributed by atoms with E-state index >= 15 is 0 Å². The molecule has 0 aromatic heterocycles. The molecule has 14 heavy (non-hydrogen) atoms. The van der Waals surface area contributed by atoms with E-state index in [0.717, 1.165) is 18.4 Å². The van der Waals surface area contributed by atoms with E-state index in [1.54, 1.807) is 0 Å². The Hall–Kier alpha value is -0.0800. The highest BCUT2D eigenvalue weighted by atomic mass is 15.1. The Morgan fingerprint density at radius 3 is 2.43 bits per heavy atom. The molecule has 0 aliphatic carbocycles. The van der Waals surface area contributed by atoms with Gasteiger partial charge in [-0.05, 0) is 63.7 Å². The van der Waals surface area contributed by atoms with E-state index in [1.165, 1.54) is 45.3 Å². The Balaban J connectivity index is 2.04. The number of hydrogen-bond donors (Lipinski definition) is 1. The maximum atomic E-state index is 5.67. The minimum Gasteiger partial charge on any atom is -0.330 e. The van der Waals surface area contributed by atoms with Crippen molar-refractivity contribution < 1.29 is 0 Å². The van der Waals surface area contributed by atoms with Gasteiger partial charge in [0.1, 0.15) is 0 Å². The first-order chi connectivity index (χ1) is 6.72. The molecule has 2 N–H and O–H groups in total. The van der Waals surface area contributed by atoms with E-state index in [1.807, 2.05) is 0 Å². The second kappa shape index (κ2) is 6.41. The van der Waals surface area contributed by atoms with Crippen LogP contribution in [0.2, 0.25) is 0 Å². The van der Waals surface area contributed by atoms with Gasteiger partial charge in [0.15, 0.2) is 0 Å². The molecule has 0 atom stereocenters. The molecule has 1 fully saturated rings. The second-order valence-corrected chi connectivity index (χ2v) is 5.06. The fourth-order valence-corrected chi connectivity index (χ4v) is 2.17. The fourth-order valence-electron chi connectivity index (χ4n) is 2.17. The Morgan fingerprint density at radius 2 is 1.93 bits per heavy atom. The van der Waals surface area contributed by atoms with Gasteiger partial charge < -0.3 is 10.6 Å². The van der Waals surface area contributed by atoms with Crippen molar-refractivity contribution in [2.45, 2.75) is 39.5 Å². The zero-order chi connectivity index (χ0) is 10.4. The molecule has 0 amide bonds. The van der Waals surface area contributed by atoms with Crippen LogP contribution in [0.5, 0.6) is 0 Å². The minimum absolute atomic E-state index is 0.802. The van der Waals surface area contributed by atoms with Crippen molar-refractivity contribution in [3.63, 3.8) is 0 Å². The summed E-state index contributed by atoms with van der Waals surface area (Å²) in [6.07, 6.45) is 5.37. The van der Waals surface area contributed by atoms with Crippen molar-refractivity contribution in [1.29, 1.82) is 0 Å². The predicted octanol–water partition coefficient (Wildman–Crippen LogP) is 2.09. The highest BCUT2D eigenvalue weighted by Crippen LogP contribution is 2.16. The van der Waals surface area contributed by atoms with Gasteiger partial charge in [0.2, 0.25) is 0 Å². The van der Waals surface area contributed by atoms with Crippen LogP contribution in [0, 0.1) is 11.8 Å². The van der Waals surface area contributed by atoms with Crippen LogP contribution in [-0.4, -0.2) is 31.1 Å². The van der Waals surface area contributed by atoms with E-state index < -0.39 is 0 Å². The zero-order valence-corrected chi connectivity index (χ0v) is 9.84. The molecule has 84 valence electrons. The summed E-state index contributed by atoms with van der Waals surface area (Å²) in [6.45, 7) is 9.36. The van der Waals surface area contributed by atoms with Gasteiger partial charge in [-0.2, -0.15) is 0 Å². The summed E-state index contributed by atoms with van der Waals surface area (Å²) >= 11 is 0. The molecule has 0 aromatic rings. The molecule has 1 rings (SSSR count). The fraction of sp³-hybridized carbons (Fsp3) is 1.00. The van der Waals surface area contributed by atoms with Crippen molar-refractivity contribution in [3.05, 3.63) is 0 Å². The largest absolute Gasteiger partial charge is 0.330 e. The summed E-state index contributed by atoms with van der Waals surface area (Å²) in [6, 6.07) is 0. The van der Waals surface area contributed by atoms with Gasteiger partial charge in [-0.15, -0.1) is 0 Å². The first-order valence-electron chi connectivity index (χ1n) is 6.14. The van der Waals surface area contributed by atoms with E-state index in [0.29, 0.717) is 0 Å². The van der Waals surface area contributed by atoms with Gasteiger partial charge in [0, 0.05) is 0 Å². The summed E-state index contributed by atoms with van der Waals surface area (Å²) < 4.78 is 0. The maximum Gasteiger partial charge on any atom is -0.00156 e. The third-order valence-electron chi connectivity index (χ3n) is 3.30. The van der Waals surface area contributed by atoms with Crippen molar-refractivity contribution >= 4 is 0 Å². The number of hydrogen-bond acceptors (Lipinski definition) is 2. The Labute approximate surface area is 88.8 Å². The van der Waals surface area contributed by atoms with Crippen molar-refractivity contribution in [2.75, 3.05) is 26.2 Å². The number of rotatable bonds is 5. The molecular formula is C12H26N2. The molecule has 0 unspecified atom stereocenters. The monoisotopic (exact) mass is 198 g/mol. The predicted molar refractivity (Wildman–Crippen MR) is 62.3 cm³/mol. The van der Waals surface area contributed by atoms with Gasteiger partial charge in [0.25, 0.3) is 0 Å². The lowest BCUT2D eigenvalue weighted by molar-refractivity contribution is 0.182. The highest BCUT2D eigenvalue weighted by molar-refractivity contribution is 4.72. The highest BCUT2D eigenvalue weighted by Gasteiger charge is 2.17. The van der Waals surface area contributed by atoms with Crippen LogP contribution in [-0.2, 0) is 0 Å². The number of nitrogens with two attached hydrogens (primary N) is 1. The molecule has 2 heteroatoms. The lowest BCUT2D eigenvalue weighted by Crippen LogP contribution is -2.36. The van der Waals surface area contributed by atoms with Crippen LogP contribution in [0.15, 0.2) is 0 Å². The summed E-state index contributed by atoms with van der Waals surface area (Å²) in [5.74, 6) is 1.66. The maximum absolute atomic E-state index is 5.67. The van der Waals surface area contributed by atoms with Crippen LogP contribution in [0.4, 0.5) is 0 Å². The third-order valence-corrected chi connectivity index (χ3v) is 3.30. The Kier molecular flexibility index (Phi) is 5.49. The summed E-state index contributed by atoms with van der Waals surface area (Å²) in [5, 5.41) is 0. The van der Waals surface area contributed by atoms with Crippen molar-refractivity contribution in [3.8, 4) is 0 Å². The molecule has 0 spiro atoms. The summed E-state index contributed by atoms with van der Waals surface area (Å²) in [5.41, 5.74) is 5.67. The van der Waals surface area contributed by atoms with Crippen LogP contribution >= 0.6 is 0 Å². The molecule has 0 bridgehead atoms. The van der Waals surface area contributed by atoms with Crippen LogP contribution < -0.4 is 5.73 Å². The molecule has 0 radical (unpaired) electrons. The van der Waals surface area contributed by atoms with Gasteiger partial charge in [-0.25, -0.2) is 0 Å². The SMILES string of the molecule is CC(C)CCCN1CCC(CN)CC1. The standard InChI is InChI=1S/C12H26N2/c1-11(2)4-3-7-14-8-5-12(10-13)6-9-14/h11-12H,3-10,13H2,1-2H3. The summed E-state index contributed by atoms with van der Waals surface area (Å²) in [7, 11) is 0. The Bertz CT molecular complexity index is 137. The number of nitrogens with zero attached hydrogens (tertiary/aromatic N) is 1. The number of likely N-dealkylation sites (tertiary alicyclic amines) is 1. The average molecular weight is 198 g/mol. The smallest absolute Gasteiger partial charge is 0.00156 e. The minimum atomic E-state index is 0.802. The molecule has 0 aromatic carbocycles. The quantitative estimate of drug-likeness (QED) is 0.733. The topological polar surface area (TPSA) is 29.3 Å². The molecular weight excluding hydrogens is 172 g/mol. The van der Waals surface area contributed by atoms with Crippen LogP contribution in [0.1, 0.15) is 39.5 Å². The van der Waals surface area contributed by atoms with Crippen LogP contribution in [0.25, 0.3) is 0 Å². The lowest BCUT2D eigenvalue weighted by atomic mass is 9.97. The number of piperidine rings is 1. The average Bonchev–Trinajstić information content (AvgIpc) is 2.18. The van der Waals surface area contributed by atoms with Gasteiger partial charge >= 0.3 is 0 Å². The van der Waals surface area contributed by atoms with Crippen molar-refractivity contribution in [1.82, 2.24) is 4.90 Å². The van der Waals surface area contributed by atoms with E-state index in [9.17, 15) is 0 Å². The molecule has 2 nitrogen and oxygen atoms in total. The molecule has 1 aliphatic heterocycles. The van der Waals surface area contributed by atoms with Gasteiger partial charge in [-0.3, -0.25) is 0 Å². The first kappa shape index (κ1) is 12.0. The van der Waals surface area contributed by atoms with Gasteiger partial charge in [0.05, 0.1) is 0 Å². The molecule has 1 aliphatic rings. The molecule has 1 heterocycles. The van der Waals surface area contributed by atoms with Gasteiger partial charge in [-0.1, -0.05) is 13.8 Å². The Morgan fingerprint density at radius 1 is 1.29 bits per heavy atom. The lowest BCUT2D eigenvalue weighted by Gasteiger charge is -2.31. The second-order valence-electron chi connectivity index (χ2n) is 5.06. The van der Waals surface area contributed by atoms with E-state index in [4.69, 9.17) is 5.73 Å².